The summed E-state index contributed by atoms with van der Waals surface area (Å²) in [7, 11) is 0. The largest absolute Gasteiger partial charge is 0.481 e. The fourth-order valence-electron chi connectivity index (χ4n) is 3.89. The number of carboxylic acids is 1. The van der Waals surface area contributed by atoms with Gasteiger partial charge < -0.3 is 15.3 Å². The minimum absolute atomic E-state index is 0.184. The zero-order valence-corrected chi connectivity index (χ0v) is 17.4. The number of carboxylic acid groups (broad SMARTS) is 1. The summed E-state index contributed by atoms with van der Waals surface area (Å²) >= 11 is 0. The van der Waals surface area contributed by atoms with E-state index in [9.17, 15) is 14.0 Å². The van der Waals surface area contributed by atoms with Gasteiger partial charge >= 0.3 is 5.97 Å². The lowest BCUT2D eigenvalue weighted by molar-refractivity contribution is -0.138. The van der Waals surface area contributed by atoms with Gasteiger partial charge in [-0.25, -0.2) is 14.4 Å². The van der Waals surface area contributed by atoms with Crippen molar-refractivity contribution in [2.75, 3.05) is 23.3 Å². The van der Waals surface area contributed by atoms with Gasteiger partial charge in [-0.2, -0.15) is 0 Å². The van der Waals surface area contributed by atoms with Crippen LogP contribution >= 0.6 is 0 Å². The molecule has 0 radical (unpaired) electrons. The number of carbonyl (C=O) groups is 2. The Bertz CT molecular complexity index is 1090. The number of amides is 1. The Morgan fingerprint density at radius 1 is 1.03 bits per heavy atom. The van der Waals surface area contributed by atoms with Gasteiger partial charge in [0.15, 0.2) is 0 Å². The van der Waals surface area contributed by atoms with Crippen LogP contribution < -0.4 is 10.2 Å². The minimum Gasteiger partial charge on any atom is -0.481 e. The number of piperidine rings is 1. The van der Waals surface area contributed by atoms with Crippen LogP contribution in [0.15, 0.2) is 60.9 Å². The van der Waals surface area contributed by atoms with Crippen molar-refractivity contribution in [1.82, 2.24) is 9.97 Å². The van der Waals surface area contributed by atoms with E-state index in [0.29, 0.717) is 35.9 Å². The number of halogens is 1. The molecule has 1 aliphatic rings. The van der Waals surface area contributed by atoms with Crippen LogP contribution in [0.4, 0.5) is 16.0 Å². The normalized spacial score (nSPS) is 14.2. The Balaban J connectivity index is 1.42. The maximum absolute atomic E-state index is 13.3. The standard InChI is InChI=1S/C24H23FN4O3/c25-18-7-5-17(6-8-18)20-3-1-2-4-21(20)23(32)28-19-14-26-24(27-15-19)29-11-9-16(10-12-29)13-22(30)31/h1-8,14-16H,9-13H2,(H,28,32)(H,30,31). The Labute approximate surface area is 184 Å². The van der Waals surface area contributed by atoms with Crippen LogP contribution in [0.3, 0.4) is 0 Å². The van der Waals surface area contributed by atoms with E-state index in [1.165, 1.54) is 12.1 Å². The molecular weight excluding hydrogens is 411 g/mol. The minimum atomic E-state index is -0.763. The van der Waals surface area contributed by atoms with Crippen molar-refractivity contribution in [3.63, 3.8) is 0 Å². The second-order valence-corrected chi connectivity index (χ2v) is 7.81. The number of carbonyl (C=O) groups excluding carboxylic acids is 1. The first-order chi connectivity index (χ1) is 15.5. The van der Waals surface area contributed by atoms with Crippen molar-refractivity contribution in [1.29, 1.82) is 0 Å². The highest BCUT2D eigenvalue weighted by Gasteiger charge is 2.23. The Kier molecular flexibility index (Phi) is 6.39. The molecule has 1 aliphatic heterocycles. The number of aromatic nitrogens is 2. The molecule has 1 saturated heterocycles. The third-order valence-electron chi connectivity index (χ3n) is 5.58. The van der Waals surface area contributed by atoms with Gasteiger partial charge in [0.1, 0.15) is 5.82 Å². The summed E-state index contributed by atoms with van der Waals surface area (Å²) in [6.07, 6.45) is 4.88. The molecule has 8 heteroatoms. The van der Waals surface area contributed by atoms with E-state index in [-0.39, 0.29) is 24.1 Å². The molecule has 4 rings (SSSR count). The summed E-state index contributed by atoms with van der Waals surface area (Å²) in [4.78, 5) is 34.5. The molecule has 1 fully saturated rings. The van der Waals surface area contributed by atoms with Crippen molar-refractivity contribution in [3.8, 4) is 11.1 Å². The second-order valence-electron chi connectivity index (χ2n) is 7.81. The zero-order valence-electron chi connectivity index (χ0n) is 17.4. The van der Waals surface area contributed by atoms with Gasteiger partial charge in [0.05, 0.1) is 18.1 Å². The molecule has 0 spiro atoms. The van der Waals surface area contributed by atoms with Crippen molar-refractivity contribution < 1.29 is 19.1 Å². The monoisotopic (exact) mass is 434 g/mol. The summed E-state index contributed by atoms with van der Waals surface area (Å²) in [5.74, 6) is -0.664. The molecule has 2 aromatic carbocycles. The number of nitrogens with zero attached hydrogens (tertiary/aromatic N) is 3. The lowest BCUT2D eigenvalue weighted by Crippen LogP contribution is -2.35. The highest BCUT2D eigenvalue weighted by Crippen LogP contribution is 2.26. The molecule has 1 amide bonds. The van der Waals surface area contributed by atoms with E-state index in [0.717, 1.165) is 18.4 Å². The van der Waals surface area contributed by atoms with Crippen LogP contribution in [-0.2, 0) is 4.79 Å². The SMILES string of the molecule is O=C(O)CC1CCN(c2ncc(NC(=O)c3ccccc3-c3ccc(F)cc3)cn2)CC1. The Morgan fingerprint density at radius 3 is 2.34 bits per heavy atom. The molecule has 1 aromatic heterocycles. The maximum Gasteiger partial charge on any atom is 0.303 e. The van der Waals surface area contributed by atoms with Crippen LogP contribution in [0.2, 0.25) is 0 Å². The van der Waals surface area contributed by atoms with Crippen molar-refractivity contribution in [2.45, 2.75) is 19.3 Å². The van der Waals surface area contributed by atoms with Gasteiger partial charge in [-0.05, 0) is 48.1 Å². The van der Waals surface area contributed by atoms with E-state index in [1.807, 2.05) is 17.0 Å². The lowest BCUT2D eigenvalue weighted by atomic mass is 9.94. The van der Waals surface area contributed by atoms with Gasteiger partial charge in [0.2, 0.25) is 5.95 Å². The predicted molar refractivity (Wildman–Crippen MR) is 119 cm³/mol. The van der Waals surface area contributed by atoms with Crippen LogP contribution in [0, 0.1) is 11.7 Å². The summed E-state index contributed by atoms with van der Waals surface area (Å²) in [5.41, 5.74) is 2.37. The van der Waals surface area contributed by atoms with E-state index in [4.69, 9.17) is 5.11 Å². The van der Waals surface area contributed by atoms with Gasteiger partial charge in [-0.3, -0.25) is 9.59 Å². The van der Waals surface area contributed by atoms with E-state index < -0.39 is 5.97 Å². The molecule has 0 aliphatic carbocycles. The smallest absolute Gasteiger partial charge is 0.303 e. The first-order valence-corrected chi connectivity index (χ1v) is 10.4. The van der Waals surface area contributed by atoms with Crippen molar-refractivity contribution >= 4 is 23.5 Å². The fourth-order valence-corrected chi connectivity index (χ4v) is 3.89. The Hall–Kier alpha value is -3.81. The van der Waals surface area contributed by atoms with E-state index >= 15 is 0 Å². The van der Waals surface area contributed by atoms with Crippen LogP contribution in [0.1, 0.15) is 29.6 Å². The molecule has 164 valence electrons. The lowest BCUT2D eigenvalue weighted by Gasteiger charge is -2.31. The molecule has 2 N–H and O–H groups in total. The third kappa shape index (κ3) is 5.08. The molecule has 2 heterocycles. The van der Waals surface area contributed by atoms with Crippen LogP contribution in [0.5, 0.6) is 0 Å². The predicted octanol–water partition coefficient (Wildman–Crippen LogP) is 4.23. The number of hydrogen-bond donors (Lipinski definition) is 2. The molecule has 3 aromatic rings. The van der Waals surface area contributed by atoms with Crippen LogP contribution in [0.25, 0.3) is 11.1 Å². The third-order valence-corrected chi connectivity index (χ3v) is 5.58. The number of rotatable bonds is 6. The summed E-state index contributed by atoms with van der Waals surface area (Å²) in [5, 5.41) is 11.8. The number of benzene rings is 2. The molecule has 0 bridgehead atoms. The van der Waals surface area contributed by atoms with Gasteiger partial charge in [0, 0.05) is 25.1 Å². The van der Waals surface area contributed by atoms with Crippen molar-refractivity contribution in [2.24, 2.45) is 5.92 Å². The molecule has 32 heavy (non-hydrogen) atoms. The average molecular weight is 434 g/mol. The molecule has 7 nitrogen and oxygen atoms in total. The number of aliphatic carboxylic acids is 1. The van der Waals surface area contributed by atoms with Gasteiger partial charge in [-0.15, -0.1) is 0 Å². The summed E-state index contributed by atoms with van der Waals surface area (Å²) in [6, 6.07) is 13.1. The van der Waals surface area contributed by atoms with E-state index in [1.54, 1.807) is 36.7 Å². The first kappa shape index (κ1) is 21.4. The highest BCUT2D eigenvalue weighted by atomic mass is 19.1. The zero-order chi connectivity index (χ0) is 22.5. The topological polar surface area (TPSA) is 95.4 Å². The second kappa shape index (κ2) is 9.55. The number of nitrogens with one attached hydrogen (secondary N) is 1. The van der Waals surface area contributed by atoms with Gasteiger partial charge in [0.25, 0.3) is 5.91 Å². The maximum atomic E-state index is 13.3. The summed E-state index contributed by atoms with van der Waals surface area (Å²) < 4.78 is 13.3. The van der Waals surface area contributed by atoms with Crippen LogP contribution in [-0.4, -0.2) is 40.0 Å². The molecule has 0 unspecified atom stereocenters. The molecule has 0 saturated carbocycles. The summed E-state index contributed by atoms with van der Waals surface area (Å²) in [6.45, 7) is 1.41. The molecule has 0 atom stereocenters. The van der Waals surface area contributed by atoms with Gasteiger partial charge in [-0.1, -0.05) is 30.3 Å². The fraction of sp³-hybridized carbons (Fsp3) is 0.250. The highest BCUT2D eigenvalue weighted by molar-refractivity contribution is 6.08. The average Bonchev–Trinajstić information content (AvgIpc) is 2.80. The first-order valence-electron chi connectivity index (χ1n) is 10.4. The number of anilines is 2. The van der Waals surface area contributed by atoms with Crippen molar-refractivity contribution in [3.05, 3.63) is 72.3 Å². The van der Waals surface area contributed by atoms with E-state index in [2.05, 4.69) is 15.3 Å². The quantitative estimate of drug-likeness (QED) is 0.603. The Morgan fingerprint density at radius 2 is 1.69 bits per heavy atom. The molecular formula is C24H23FN4O3. The number of hydrogen-bond acceptors (Lipinski definition) is 5.